The third-order valence-corrected chi connectivity index (χ3v) is 4.70. The van der Waals surface area contributed by atoms with E-state index in [1.807, 2.05) is 6.07 Å². The summed E-state index contributed by atoms with van der Waals surface area (Å²) in [5.41, 5.74) is 9.07. The first kappa shape index (κ1) is 18.6. The highest BCUT2D eigenvalue weighted by Crippen LogP contribution is 2.25. The molecule has 0 radical (unpaired) electrons. The molecule has 0 fully saturated rings. The van der Waals surface area contributed by atoms with E-state index in [2.05, 4.69) is 49.7 Å². The number of anilines is 5. The van der Waals surface area contributed by atoms with Crippen LogP contribution in [0.5, 0.6) is 0 Å². The van der Waals surface area contributed by atoms with E-state index in [1.54, 1.807) is 18.2 Å². The van der Waals surface area contributed by atoms with Gasteiger partial charge in [-0.3, -0.25) is 0 Å². The molecule has 0 spiro atoms. The number of nitrogen functional groups attached to an aromatic ring is 1. The molecule has 0 amide bonds. The van der Waals surface area contributed by atoms with E-state index in [0.717, 1.165) is 25.2 Å². The molecular formula is C20H21N7O2. The largest absolute Gasteiger partial charge is 0.477 e. The number of hydrogen-bond acceptors (Lipinski definition) is 8. The van der Waals surface area contributed by atoms with Crippen LogP contribution < -0.4 is 16.4 Å². The van der Waals surface area contributed by atoms with E-state index in [1.165, 1.54) is 17.3 Å². The molecule has 1 aromatic carbocycles. The van der Waals surface area contributed by atoms with E-state index >= 15 is 0 Å². The number of likely N-dealkylation sites (N-methyl/N-ethyl adjacent to an activating group) is 1. The number of rotatable bonds is 5. The lowest BCUT2D eigenvalue weighted by atomic mass is 9.99. The van der Waals surface area contributed by atoms with Gasteiger partial charge in [-0.2, -0.15) is 4.98 Å². The monoisotopic (exact) mass is 391 g/mol. The third-order valence-electron chi connectivity index (χ3n) is 4.70. The Morgan fingerprint density at radius 2 is 2.03 bits per heavy atom. The Hall–Kier alpha value is -3.72. The molecule has 3 heterocycles. The Balaban J connectivity index is 1.61. The molecule has 3 aromatic rings. The van der Waals surface area contributed by atoms with Crippen molar-refractivity contribution in [3.8, 4) is 0 Å². The molecule has 5 N–H and O–H groups in total. The smallest absolute Gasteiger partial charge is 0.341 e. The van der Waals surface area contributed by atoms with Gasteiger partial charge >= 0.3 is 5.97 Å². The van der Waals surface area contributed by atoms with Crippen LogP contribution in [0.3, 0.4) is 0 Å². The maximum absolute atomic E-state index is 11.5. The molecule has 29 heavy (non-hydrogen) atoms. The molecule has 0 atom stereocenters. The van der Waals surface area contributed by atoms with Gasteiger partial charge in [0.1, 0.15) is 17.2 Å². The second kappa shape index (κ2) is 7.72. The van der Waals surface area contributed by atoms with Crippen LogP contribution in [0.2, 0.25) is 0 Å². The van der Waals surface area contributed by atoms with Gasteiger partial charge in [0.25, 0.3) is 0 Å². The van der Waals surface area contributed by atoms with E-state index in [4.69, 9.17) is 5.73 Å². The van der Waals surface area contributed by atoms with Crippen molar-refractivity contribution in [3.63, 3.8) is 0 Å². The Labute approximate surface area is 167 Å². The van der Waals surface area contributed by atoms with E-state index in [0.29, 0.717) is 11.6 Å². The number of benzene rings is 1. The molecule has 1 aliphatic rings. The van der Waals surface area contributed by atoms with Crippen molar-refractivity contribution >= 4 is 35.1 Å². The summed E-state index contributed by atoms with van der Waals surface area (Å²) < 4.78 is 0. The second-order valence-corrected chi connectivity index (χ2v) is 6.93. The summed E-state index contributed by atoms with van der Waals surface area (Å²) in [5, 5.41) is 15.5. The standard InChI is InChI=1S/C20H21N7O2/c1-27-8-7-12-5-6-14(9-13(12)11-27)23-20-22-10-15(19(28)29)18(26-20)25-17-4-2-3-16(21)24-17/h2-6,9-10H,7-8,11H2,1H3,(H,28,29)(H4,21,22,23,24,25,26). The second-order valence-electron chi connectivity index (χ2n) is 6.93. The molecule has 0 bridgehead atoms. The Kier molecular flexibility index (Phi) is 4.96. The van der Waals surface area contributed by atoms with E-state index < -0.39 is 5.97 Å². The van der Waals surface area contributed by atoms with Crippen molar-refractivity contribution in [2.24, 2.45) is 0 Å². The fraction of sp³-hybridized carbons (Fsp3) is 0.200. The van der Waals surface area contributed by atoms with Crippen molar-refractivity contribution in [1.82, 2.24) is 19.9 Å². The fourth-order valence-corrected chi connectivity index (χ4v) is 3.24. The highest BCUT2D eigenvalue weighted by atomic mass is 16.4. The molecule has 0 aliphatic carbocycles. The van der Waals surface area contributed by atoms with Crippen LogP contribution in [-0.4, -0.2) is 44.5 Å². The molecular weight excluding hydrogens is 370 g/mol. The third kappa shape index (κ3) is 4.25. The van der Waals surface area contributed by atoms with Gasteiger partial charge in [0.05, 0.1) is 0 Å². The first-order valence-electron chi connectivity index (χ1n) is 9.15. The van der Waals surface area contributed by atoms with Crippen molar-refractivity contribution in [2.45, 2.75) is 13.0 Å². The first-order chi connectivity index (χ1) is 14.0. The van der Waals surface area contributed by atoms with Crippen LogP contribution in [0.25, 0.3) is 0 Å². The van der Waals surface area contributed by atoms with Gasteiger partial charge in [-0.15, -0.1) is 0 Å². The number of carboxylic acid groups (broad SMARTS) is 1. The van der Waals surface area contributed by atoms with Crippen molar-refractivity contribution in [1.29, 1.82) is 0 Å². The first-order valence-corrected chi connectivity index (χ1v) is 9.15. The molecule has 9 nitrogen and oxygen atoms in total. The summed E-state index contributed by atoms with van der Waals surface area (Å²) in [5.74, 6) is -0.0108. The molecule has 0 unspecified atom stereocenters. The van der Waals surface area contributed by atoms with Crippen molar-refractivity contribution in [3.05, 3.63) is 59.3 Å². The van der Waals surface area contributed by atoms with Gasteiger partial charge < -0.3 is 26.4 Å². The van der Waals surface area contributed by atoms with Gasteiger partial charge in [-0.05, 0) is 48.9 Å². The summed E-state index contributed by atoms with van der Waals surface area (Å²) >= 11 is 0. The van der Waals surface area contributed by atoms with Crippen LogP contribution in [0, 0.1) is 0 Å². The molecule has 0 saturated carbocycles. The molecule has 148 valence electrons. The van der Waals surface area contributed by atoms with Crippen LogP contribution in [0.1, 0.15) is 21.5 Å². The molecule has 2 aromatic heterocycles. The number of nitrogens with one attached hydrogen (secondary N) is 2. The van der Waals surface area contributed by atoms with Crippen LogP contribution in [-0.2, 0) is 13.0 Å². The number of aromatic carboxylic acids is 1. The minimum atomic E-state index is -1.14. The Morgan fingerprint density at radius 3 is 2.83 bits per heavy atom. The summed E-state index contributed by atoms with van der Waals surface area (Å²) in [6.07, 6.45) is 2.29. The van der Waals surface area contributed by atoms with Gasteiger partial charge in [0.2, 0.25) is 5.95 Å². The number of hydrogen-bond donors (Lipinski definition) is 4. The number of carboxylic acids is 1. The van der Waals surface area contributed by atoms with Crippen LogP contribution >= 0.6 is 0 Å². The lowest BCUT2D eigenvalue weighted by molar-refractivity contribution is 0.0697. The van der Waals surface area contributed by atoms with Gasteiger partial charge in [0.15, 0.2) is 5.82 Å². The minimum absolute atomic E-state index is 0.0631. The summed E-state index contributed by atoms with van der Waals surface area (Å²) in [4.78, 5) is 26.4. The lowest BCUT2D eigenvalue weighted by Gasteiger charge is -2.25. The van der Waals surface area contributed by atoms with E-state index in [9.17, 15) is 9.90 Å². The van der Waals surface area contributed by atoms with Gasteiger partial charge in [-0.1, -0.05) is 12.1 Å². The normalized spacial score (nSPS) is 13.6. The number of fused-ring (bicyclic) bond motifs is 1. The zero-order valence-electron chi connectivity index (χ0n) is 15.9. The summed E-state index contributed by atoms with van der Waals surface area (Å²) in [6.45, 7) is 1.93. The van der Waals surface area contributed by atoms with Crippen molar-refractivity contribution in [2.75, 3.05) is 30.0 Å². The highest BCUT2D eigenvalue weighted by Gasteiger charge is 2.16. The predicted molar refractivity (Wildman–Crippen MR) is 111 cm³/mol. The minimum Gasteiger partial charge on any atom is -0.477 e. The predicted octanol–water partition coefficient (Wildman–Crippen LogP) is 2.63. The highest BCUT2D eigenvalue weighted by molar-refractivity contribution is 5.93. The van der Waals surface area contributed by atoms with Crippen LogP contribution in [0.15, 0.2) is 42.6 Å². The summed E-state index contributed by atoms with van der Waals surface area (Å²) in [7, 11) is 2.10. The topological polar surface area (TPSA) is 129 Å². The average Bonchev–Trinajstić information content (AvgIpc) is 2.67. The molecule has 4 rings (SSSR count). The van der Waals surface area contributed by atoms with Crippen LogP contribution in [0.4, 0.5) is 29.1 Å². The number of carbonyl (C=O) groups is 1. The fourth-order valence-electron chi connectivity index (χ4n) is 3.24. The number of pyridine rings is 1. The van der Waals surface area contributed by atoms with Gasteiger partial charge in [0, 0.05) is 25.0 Å². The number of nitrogens with two attached hydrogens (primary N) is 1. The maximum atomic E-state index is 11.5. The van der Waals surface area contributed by atoms with E-state index in [-0.39, 0.29) is 17.3 Å². The Morgan fingerprint density at radius 1 is 1.17 bits per heavy atom. The number of aromatic nitrogens is 3. The van der Waals surface area contributed by atoms with Gasteiger partial charge in [-0.25, -0.2) is 14.8 Å². The quantitative estimate of drug-likeness (QED) is 0.518. The molecule has 1 aliphatic heterocycles. The zero-order valence-corrected chi connectivity index (χ0v) is 15.9. The maximum Gasteiger partial charge on any atom is 0.341 e. The zero-order chi connectivity index (χ0) is 20.4. The average molecular weight is 391 g/mol. The number of nitrogens with zero attached hydrogens (tertiary/aromatic N) is 4. The SMILES string of the molecule is CN1CCc2ccc(Nc3ncc(C(=O)O)c(Nc4cccc(N)n4)n3)cc2C1. The Bertz CT molecular complexity index is 1070. The molecule has 0 saturated heterocycles. The summed E-state index contributed by atoms with van der Waals surface area (Å²) in [6, 6.07) is 11.2. The van der Waals surface area contributed by atoms with Crippen molar-refractivity contribution < 1.29 is 9.90 Å². The molecule has 9 heteroatoms. The lowest BCUT2D eigenvalue weighted by Crippen LogP contribution is -2.26.